The van der Waals surface area contributed by atoms with Crippen LogP contribution in [0.4, 0.5) is 11.6 Å². The molecule has 0 unspecified atom stereocenters. The van der Waals surface area contributed by atoms with Crippen LogP contribution in [0, 0.1) is 25.2 Å². The molecule has 0 amide bonds. The van der Waals surface area contributed by atoms with Gasteiger partial charge in [0.1, 0.15) is 5.75 Å². The Labute approximate surface area is 196 Å². The third kappa shape index (κ3) is 5.00. The number of hydrogen-bond donors (Lipinski definition) is 1. The zero-order chi connectivity index (χ0) is 23.4. The third-order valence-corrected chi connectivity index (χ3v) is 5.21. The Morgan fingerprint density at radius 3 is 2.48 bits per heavy atom. The van der Waals surface area contributed by atoms with Crippen molar-refractivity contribution >= 4 is 29.0 Å². The number of carbonyl (C=O) groups is 1. The van der Waals surface area contributed by atoms with Gasteiger partial charge in [-0.15, -0.1) is 0 Å². The normalized spacial score (nSPS) is 10.4. The van der Waals surface area contributed by atoms with Crippen molar-refractivity contribution in [3.05, 3.63) is 106 Å². The highest BCUT2D eigenvalue weighted by atomic mass is 35.5. The zero-order valence-electron chi connectivity index (χ0n) is 18.0. The summed E-state index contributed by atoms with van der Waals surface area (Å²) in [5.74, 6) is 0.787. The predicted octanol–water partition coefficient (Wildman–Crippen LogP) is 6.39. The number of benzene rings is 3. The number of halogens is 1. The number of nitriles is 1. The molecule has 0 fully saturated rings. The second-order valence-corrected chi connectivity index (χ2v) is 7.82. The van der Waals surface area contributed by atoms with E-state index in [0.29, 0.717) is 44.9 Å². The summed E-state index contributed by atoms with van der Waals surface area (Å²) in [6, 6.07) is 21.3. The third-order valence-electron chi connectivity index (χ3n) is 4.98. The Bertz CT molecular complexity index is 1380. The Kier molecular flexibility index (Phi) is 6.34. The molecule has 0 atom stereocenters. The predicted molar refractivity (Wildman–Crippen MR) is 127 cm³/mol. The summed E-state index contributed by atoms with van der Waals surface area (Å²) >= 11 is 6.20. The fraction of sp³-hybridized carbons (Fsp3) is 0.0769. The fourth-order valence-corrected chi connectivity index (χ4v) is 3.36. The lowest BCUT2D eigenvalue weighted by Crippen LogP contribution is -2.07. The average Bonchev–Trinajstić information content (AvgIpc) is 2.82. The smallest absolute Gasteiger partial charge is 0.230 e. The molecule has 162 valence electrons. The first-order valence-electron chi connectivity index (χ1n) is 10.1. The summed E-state index contributed by atoms with van der Waals surface area (Å²) in [4.78, 5) is 22.0. The number of aryl methyl sites for hydroxylation is 2. The molecule has 0 aliphatic rings. The molecule has 1 N–H and O–H groups in total. The first kappa shape index (κ1) is 22.0. The van der Waals surface area contributed by atoms with E-state index >= 15 is 0 Å². The maximum atomic E-state index is 13.3. The van der Waals surface area contributed by atoms with Crippen LogP contribution < -0.4 is 10.1 Å². The highest BCUT2D eigenvalue weighted by Crippen LogP contribution is 2.31. The topological polar surface area (TPSA) is 87.9 Å². The minimum Gasteiger partial charge on any atom is -0.438 e. The van der Waals surface area contributed by atoms with Crippen molar-refractivity contribution in [3.8, 4) is 17.7 Å². The molecule has 0 saturated carbocycles. The summed E-state index contributed by atoms with van der Waals surface area (Å²) in [5, 5.41) is 12.5. The molecule has 0 bridgehead atoms. The summed E-state index contributed by atoms with van der Waals surface area (Å²) in [6.45, 7) is 3.70. The van der Waals surface area contributed by atoms with Gasteiger partial charge in [-0.2, -0.15) is 10.2 Å². The first-order valence-corrected chi connectivity index (χ1v) is 10.5. The molecule has 3 aromatic carbocycles. The van der Waals surface area contributed by atoms with Crippen LogP contribution in [0.3, 0.4) is 0 Å². The maximum absolute atomic E-state index is 13.3. The standard InChI is InChI=1S/C26H19ClN4O2/c1-16-5-3-4-6-21(16)24(32)22-13-19(27)9-12-23(22)33-25-17(2)15-29-26(31-25)30-20-10-7-18(14-28)8-11-20/h3-13,15H,1-2H3,(H,29,30,31). The molecule has 1 heterocycles. The van der Waals surface area contributed by atoms with Crippen LogP contribution in [-0.2, 0) is 0 Å². The van der Waals surface area contributed by atoms with E-state index in [-0.39, 0.29) is 5.78 Å². The Balaban J connectivity index is 1.65. The molecule has 7 heteroatoms. The molecule has 4 rings (SSSR count). The van der Waals surface area contributed by atoms with Gasteiger partial charge >= 0.3 is 0 Å². The van der Waals surface area contributed by atoms with Crippen molar-refractivity contribution in [3.63, 3.8) is 0 Å². The number of ether oxygens (including phenoxy) is 1. The van der Waals surface area contributed by atoms with E-state index in [1.54, 1.807) is 54.7 Å². The summed E-state index contributed by atoms with van der Waals surface area (Å²) < 4.78 is 6.08. The molecule has 0 saturated heterocycles. The highest BCUT2D eigenvalue weighted by molar-refractivity contribution is 6.31. The van der Waals surface area contributed by atoms with Crippen LogP contribution in [0.15, 0.2) is 72.9 Å². The van der Waals surface area contributed by atoms with Gasteiger partial charge in [0.25, 0.3) is 0 Å². The maximum Gasteiger partial charge on any atom is 0.230 e. The number of carbonyl (C=O) groups excluding carboxylic acids is 1. The largest absolute Gasteiger partial charge is 0.438 e. The van der Waals surface area contributed by atoms with Crippen molar-refractivity contribution in [2.45, 2.75) is 13.8 Å². The van der Waals surface area contributed by atoms with Gasteiger partial charge in [0, 0.05) is 28.0 Å². The lowest BCUT2D eigenvalue weighted by molar-refractivity contribution is 0.103. The Hall–Kier alpha value is -4.21. The van der Waals surface area contributed by atoms with Crippen molar-refractivity contribution in [2.24, 2.45) is 0 Å². The SMILES string of the molecule is Cc1ccccc1C(=O)c1cc(Cl)ccc1Oc1nc(Nc2ccc(C#N)cc2)ncc1C. The molecular formula is C26H19ClN4O2. The van der Waals surface area contributed by atoms with E-state index in [1.165, 1.54) is 0 Å². The van der Waals surface area contributed by atoms with Crippen LogP contribution >= 0.6 is 11.6 Å². The lowest BCUT2D eigenvalue weighted by atomic mass is 9.98. The molecule has 0 spiro atoms. The monoisotopic (exact) mass is 454 g/mol. The lowest BCUT2D eigenvalue weighted by Gasteiger charge is -2.14. The van der Waals surface area contributed by atoms with Crippen molar-refractivity contribution in [2.75, 3.05) is 5.32 Å². The zero-order valence-corrected chi connectivity index (χ0v) is 18.7. The fourth-order valence-electron chi connectivity index (χ4n) is 3.19. The number of nitrogens with one attached hydrogen (secondary N) is 1. The Morgan fingerprint density at radius 1 is 1.00 bits per heavy atom. The second-order valence-electron chi connectivity index (χ2n) is 7.38. The number of hydrogen-bond acceptors (Lipinski definition) is 6. The van der Waals surface area contributed by atoms with Gasteiger partial charge in [0.15, 0.2) is 5.78 Å². The van der Waals surface area contributed by atoms with Gasteiger partial charge in [-0.05, 0) is 61.9 Å². The van der Waals surface area contributed by atoms with Crippen LogP contribution in [0.5, 0.6) is 11.6 Å². The van der Waals surface area contributed by atoms with E-state index in [1.807, 2.05) is 32.0 Å². The van der Waals surface area contributed by atoms with Crippen LogP contribution in [0.2, 0.25) is 5.02 Å². The molecule has 4 aromatic rings. The molecule has 0 aliphatic carbocycles. The summed E-state index contributed by atoms with van der Waals surface area (Å²) in [6.07, 6.45) is 1.63. The number of aromatic nitrogens is 2. The van der Waals surface area contributed by atoms with Crippen molar-refractivity contribution < 1.29 is 9.53 Å². The molecule has 6 nitrogen and oxygen atoms in total. The van der Waals surface area contributed by atoms with Crippen LogP contribution in [0.25, 0.3) is 0 Å². The average molecular weight is 455 g/mol. The number of anilines is 2. The molecule has 0 radical (unpaired) electrons. The molecular weight excluding hydrogens is 436 g/mol. The number of ketones is 1. The first-order chi connectivity index (χ1) is 15.9. The van der Waals surface area contributed by atoms with E-state index in [2.05, 4.69) is 21.4 Å². The van der Waals surface area contributed by atoms with Gasteiger partial charge in [-0.3, -0.25) is 4.79 Å². The van der Waals surface area contributed by atoms with Gasteiger partial charge in [0.2, 0.25) is 11.8 Å². The van der Waals surface area contributed by atoms with Crippen LogP contribution in [0.1, 0.15) is 32.6 Å². The van der Waals surface area contributed by atoms with Gasteiger partial charge in [0.05, 0.1) is 17.2 Å². The van der Waals surface area contributed by atoms with Gasteiger partial charge in [-0.25, -0.2) is 4.98 Å². The number of nitrogens with zero attached hydrogens (tertiary/aromatic N) is 3. The van der Waals surface area contributed by atoms with E-state index in [0.717, 1.165) is 11.3 Å². The quantitative estimate of drug-likeness (QED) is 0.340. The van der Waals surface area contributed by atoms with Crippen molar-refractivity contribution in [1.29, 1.82) is 5.26 Å². The molecule has 1 aromatic heterocycles. The minimum atomic E-state index is -0.187. The van der Waals surface area contributed by atoms with E-state index < -0.39 is 0 Å². The number of rotatable bonds is 6. The van der Waals surface area contributed by atoms with Crippen molar-refractivity contribution in [1.82, 2.24) is 9.97 Å². The van der Waals surface area contributed by atoms with E-state index in [4.69, 9.17) is 21.6 Å². The minimum absolute atomic E-state index is 0.187. The molecule has 0 aliphatic heterocycles. The van der Waals surface area contributed by atoms with Gasteiger partial charge < -0.3 is 10.1 Å². The summed E-state index contributed by atoms with van der Waals surface area (Å²) in [5.41, 5.74) is 3.77. The second kappa shape index (κ2) is 9.51. The molecule has 33 heavy (non-hydrogen) atoms. The van der Waals surface area contributed by atoms with Gasteiger partial charge in [-0.1, -0.05) is 35.9 Å². The van der Waals surface area contributed by atoms with E-state index in [9.17, 15) is 4.79 Å². The highest BCUT2D eigenvalue weighted by Gasteiger charge is 2.19. The van der Waals surface area contributed by atoms with Crippen LogP contribution in [-0.4, -0.2) is 15.8 Å². The summed E-state index contributed by atoms with van der Waals surface area (Å²) in [7, 11) is 0. The Morgan fingerprint density at radius 2 is 1.76 bits per heavy atom.